The lowest BCUT2D eigenvalue weighted by Crippen LogP contribution is -2.28. The van der Waals surface area contributed by atoms with E-state index in [4.69, 9.17) is 9.84 Å². The summed E-state index contributed by atoms with van der Waals surface area (Å²) in [6.07, 6.45) is 0.297. The third-order valence-corrected chi connectivity index (χ3v) is 2.78. The smallest absolute Gasteiger partial charge is 0.355 e. The minimum Gasteiger partial charge on any atom is -0.476 e. The van der Waals surface area contributed by atoms with Crippen molar-refractivity contribution >= 4 is 28.3 Å². The lowest BCUT2D eigenvalue weighted by molar-refractivity contribution is -0.121. The number of thiazole rings is 1. The molecular formula is C10H15N3O4S. The Bertz CT molecular complexity index is 408. The third-order valence-electron chi connectivity index (χ3n) is 1.98. The second-order valence-corrected chi connectivity index (χ2v) is 4.22. The number of hydrogen-bond acceptors (Lipinski definition) is 6. The molecule has 8 heteroatoms. The van der Waals surface area contributed by atoms with Crippen LogP contribution < -0.4 is 10.6 Å². The maximum absolute atomic E-state index is 11.3. The highest BCUT2D eigenvalue weighted by molar-refractivity contribution is 7.13. The molecule has 0 radical (unpaired) electrons. The zero-order valence-corrected chi connectivity index (χ0v) is 10.7. The lowest BCUT2D eigenvalue weighted by atomic mass is 10.4. The van der Waals surface area contributed by atoms with Crippen LogP contribution in [0.5, 0.6) is 0 Å². The average molecular weight is 273 g/mol. The van der Waals surface area contributed by atoms with Gasteiger partial charge in [0, 0.05) is 32.0 Å². The lowest BCUT2D eigenvalue weighted by Gasteiger charge is -2.04. The van der Waals surface area contributed by atoms with Crippen LogP contribution in [-0.4, -0.2) is 48.8 Å². The fraction of sp³-hybridized carbons (Fsp3) is 0.500. The Hall–Kier alpha value is -1.67. The fourth-order valence-corrected chi connectivity index (χ4v) is 1.83. The van der Waals surface area contributed by atoms with Crippen molar-refractivity contribution in [1.82, 2.24) is 10.3 Å². The Morgan fingerprint density at radius 1 is 1.50 bits per heavy atom. The summed E-state index contributed by atoms with van der Waals surface area (Å²) in [4.78, 5) is 25.7. The molecule has 0 spiro atoms. The molecule has 0 unspecified atom stereocenters. The van der Waals surface area contributed by atoms with E-state index in [0.717, 1.165) is 0 Å². The largest absolute Gasteiger partial charge is 0.476 e. The van der Waals surface area contributed by atoms with Gasteiger partial charge in [-0.3, -0.25) is 4.79 Å². The van der Waals surface area contributed by atoms with Crippen LogP contribution in [0.4, 0.5) is 5.13 Å². The number of anilines is 1. The summed E-state index contributed by atoms with van der Waals surface area (Å²) in [6.45, 7) is 1.37. The van der Waals surface area contributed by atoms with Gasteiger partial charge >= 0.3 is 5.97 Å². The van der Waals surface area contributed by atoms with Crippen molar-refractivity contribution in [2.24, 2.45) is 0 Å². The number of methoxy groups -OCH3 is 1. The SMILES string of the molecule is COCCNC(=O)CCNc1nc(C(=O)O)cs1. The summed E-state index contributed by atoms with van der Waals surface area (Å²) in [6, 6.07) is 0. The number of hydrogen-bond donors (Lipinski definition) is 3. The van der Waals surface area contributed by atoms with Gasteiger partial charge in [-0.05, 0) is 0 Å². The molecule has 1 amide bonds. The first-order valence-electron chi connectivity index (χ1n) is 5.32. The van der Waals surface area contributed by atoms with Crippen LogP contribution in [0.15, 0.2) is 5.38 Å². The molecule has 3 N–H and O–H groups in total. The molecule has 0 aliphatic rings. The molecule has 0 saturated carbocycles. The van der Waals surface area contributed by atoms with Gasteiger partial charge in [-0.25, -0.2) is 9.78 Å². The topological polar surface area (TPSA) is 101 Å². The van der Waals surface area contributed by atoms with E-state index in [0.29, 0.717) is 31.2 Å². The van der Waals surface area contributed by atoms with Crippen molar-refractivity contribution in [3.63, 3.8) is 0 Å². The molecule has 1 rings (SSSR count). The van der Waals surface area contributed by atoms with Crippen molar-refractivity contribution in [2.45, 2.75) is 6.42 Å². The van der Waals surface area contributed by atoms with Crippen LogP contribution in [0.25, 0.3) is 0 Å². The first kappa shape index (κ1) is 14.4. The summed E-state index contributed by atoms with van der Waals surface area (Å²) < 4.78 is 4.80. The maximum Gasteiger partial charge on any atom is 0.355 e. The summed E-state index contributed by atoms with van der Waals surface area (Å²) in [5.41, 5.74) is 0.00652. The van der Waals surface area contributed by atoms with Crippen LogP contribution >= 0.6 is 11.3 Å². The number of carbonyl (C=O) groups excluding carboxylic acids is 1. The minimum absolute atomic E-state index is 0.00652. The summed E-state index contributed by atoms with van der Waals surface area (Å²) in [5, 5.41) is 16.2. The monoisotopic (exact) mass is 273 g/mol. The first-order chi connectivity index (χ1) is 8.63. The van der Waals surface area contributed by atoms with Gasteiger partial charge in [0.1, 0.15) is 0 Å². The Kier molecular flexibility index (Phi) is 6.09. The maximum atomic E-state index is 11.3. The Morgan fingerprint density at radius 2 is 2.28 bits per heavy atom. The van der Waals surface area contributed by atoms with Crippen molar-refractivity contribution in [3.8, 4) is 0 Å². The van der Waals surface area contributed by atoms with Crippen LogP contribution in [0.3, 0.4) is 0 Å². The average Bonchev–Trinajstić information content (AvgIpc) is 2.78. The number of rotatable bonds is 8. The molecule has 1 aromatic heterocycles. The molecule has 0 atom stereocenters. The van der Waals surface area contributed by atoms with Crippen molar-refractivity contribution in [3.05, 3.63) is 11.1 Å². The molecule has 1 heterocycles. The molecule has 7 nitrogen and oxygen atoms in total. The van der Waals surface area contributed by atoms with Gasteiger partial charge in [0.25, 0.3) is 0 Å². The van der Waals surface area contributed by atoms with Gasteiger partial charge in [0.05, 0.1) is 6.61 Å². The van der Waals surface area contributed by atoms with E-state index in [1.165, 1.54) is 16.7 Å². The molecule has 0 fully saturated rings. The van der Waals surface area contributed by atoms with Crippen LogP contribution in [0.1, 0.15) is 16.9 Å². The van der Waals surface area contributed by atoms with E-state index >= 15 is 0 Å². The van der Waals surface area contributed by atoms with Gasteiger partial charge < -0.3 is 20.5 Å². The number of amides is 1. The van der Waals surface area contributed by atoms with Crippen LogP contribution in [0, 0.1) is 0 Å². The van der Waals surface area contributed by atoms with Gasteiger partial charge in [-0.2, -0.15) is 0 Å². The van der Waals surface area contributed by atoms with Crippen LogP contribution in [-0.2, 0) is 9.53 Å². The van der Waals surface area contributed by atoms with E-state index in [9.17, 15) is 9.59 Å². The molecule has 100 valence electrons. The van der Waals surface area contributed by atoms with E-state index < -0.39 is 5.97 Å². The number of carboxylic acids is 1. The van der Waals surface area contributed by atoms with Gasteiger partial charge in [-0.15, -0.1) is 11.3 Å². The van der Waals surface area contributed by atoms with E-state index in [1.807, 2.05) is 0 Å². The normalized spacial score (nSPS) is 10.1. The zero-order valence-electron chi connectivity index (χ0n) is 9.93. The van der Waals surface area contributed by atoms with E-state index in [-0.39, 0.29) is 11.6 Å². The number of nitrogens with one attached hydrogen (secondary N) is 2. The number of carbonyl (C=O) groups is 2. The van der Waals surface area contributed by atoms with Gasteiger partial charge in [-0.1, -0.05) is 0 Å². The first-order valence-corrected chi connectivity index (χ1v) is 6.19. The number of carboxylic acid groups (broad SMARTS) is 1. The highest BCUT2D eigenvalue weighted by Crippen LogP contribution is 2.14. The predicted molar refractivity (Wildman–Crippen MR) is 67.1 cm³/mol. The predicted octanol–water partition coefficient (Wildman–Crippen LogP) is 0.406. The minimum atomic E-state index is -1.06. The van der Waals surface area contributed by atoms with Crippen LogP contribution in [0.2, 0.25) is 0 Å². The number of nitrogens with zero attached hydrogens (tertiary/aromatic N) is 1. The molecule has 0 aliphatic heterocycles. The Labute approximate surface area is 108 Å². The van der Waals surface area contributed by atoms with E-state index in [2.05, 4.69) is 15.6 Å². The summed E-state index contributed by atoms with van der Waals surface area (Å²) in [5.74, 6) is -1.15. The second-order valence-electron chi connectivity index (χ2n) is 3.36. The Morgan fingerprint density at radius 3 is 2.89 bits per heavy atom. The highest BCUT2D eigenvalue weighted by Gasteiger charge is 2.08. The zero-order chi connectivity index (χ0) is 13.4. The third kappa shape index (κ3) is 5.11. The molecule has 0 aliphatic carbocycles. The standard InChI is InChI=1S/C10H15N3O4S/c1-17-5-4-11-8(14)2-3-12-10-13-7(6-18-10)9(15)16/h6H,2-5H2,1H3,(H,11,14)(H,12,13)(H,15,16). The van der Waals surface area contributed by atoms with Gasteiger partial charge in [0.15, 0.2) is 10.8 Å². The molecule has 0 saturated heterocycles. The number of aromatic carboxylic acids is 1. The van der Waals surface area contributed by atoms with Crippen molar-refractivity contribution in [1.29, 1.82) is 0 Å². The fourth-order valence-electron chi connectivity index (χ4n) is 1.12. The summed E-state index contributed by atoms with van der Waals surface area (Å²) >= 11 is 1.20. The molecule has 0 bridgehead atoms. The van der Waals surface area contributed by atoms with E-state index in [1.54, 1.807) is 7.11 Å². The number of ether oxygens (including phenoxy) is 1. The Balaban J connectivity index is 2.20. The van der Waals surface area contributed by atoms with Crippen molar-refractivity contribution in [2.75, 3.05) is 32.1 Å². The molecule has 18 heavy (non-hydrogen) atoms. The second kappa shape index (κ2) is 7.62. The molecule has 1 aromatic rings. The molecule has 0 aromatic carbocycles. The summed E-state index contributed by atoms with van der Waals surface area (Å²) in [7, 11) is 1.57. The quantitative estimate of drug-likeness (QED) is 0.593. The van der Waals surface area contributed by atoms with Gasteiger partial charge in [0.2, 0.25) is 5.91 Å². The van der Waals surface area contributed by atoms with Crippen molar-refractivity contribution < 1.29 is 19.4 Å². The highest BCUT2D eigenvalue weighted by atomic mass is 32.1. The molecular weight excluding hydrogens is 258 g/mol. The number of aromatic nitrogens is 1.